The van der Waals surface area contributed by atoms with Crippen LogP contribution in [0.2, 0.25) is 5.02 Å². The first-order valence-electron chi connectivity index (χ1n) is 9.46. The highest BCUT2D eigenvalue weighted by molar-refractivity contribution is 6.33. The molecule has 142 valence electrons. The van der Waals surface area contributed by atoms with Crippen molar-refractivity contribution in [2.45, 2.75) is 6.92 Å². The van der Waals surface area contributed by atoms with Crippen molar-refractivity contribution in [2.75, 3.05) is 5.32 Å². The van der Waals surface area contributed by atoms with Gasteiger partial charge in [-0.1, -0.05) is 91.0 Å². The zero-order valence-corrected chi connectivity index (χ0v) is 16.9. The minimum Gasteiger partial charge on any atom is -0.355 e. The molecule has 1 aromatic heterocycles. The van der Waals surface area contributed by atoms with Gasteiger partial charge in [0.05, 0.1) is 11.4 Å². The molecule has 4 rings (SSSR count). The number of nitrogens with one attached hydrogen (secondary N) is 1. The van der Waals surface area contributed by atoms with Gasteiger partial charge in [-0.05, 0) is 30.7 Å². The second kappa shape index (κ2) is 8.34. The van der Waals surface area contributed by atoms with E-state index in [9.17, 15) is 0 Å². The molecule has 3 heteroatoms. The Morgan fingerprint density at radius 2 is 1.48 bits per heavy atom. The van der Waals surface area contributed by atoms with Gasteiger partial charge in [-0.15, -0.1) is 0 Å². The predicted molar refractivity (Wildman–Crippen MR) is 124 cm³/mol. The summed E-state index contributed by atoms with van der Waals surface area (Å²) in [6.45, 7) is 6.33. The molecule has 1 N–H and O–H groups in total. The molecule has 0 unspecified atom stereocenters. The minimum atomic E-state index is 0.675. The Morgan fingerprint density at radius 1 is 0.828 bits per heavy atom. The summed E-state index contributed by atoms with van der Waals surface area (Å²) in [5.74, 6) is 0. The van der Waals surface area contributed by atoms with Crippen molar-refractivity contribution in [1.82, 2.24) is 4.98 Å². The molecule has 2 nitrogen and oxygen atoms in total. The van der Waals surface area contributed by atoms with Crippen molar-refractivity contribution < 1.29 is 0 Å². The van der Waals surface area contributed by atoms with E-state index >= 15 is 0 Å². The lowest BCUT2D eigenvalue weighted by Crippen LogP contribution is -2.01. The molecule has 3 aromatic carbocycles. The number of nitrogens with zero attached hydrogens (tertiary/aromatic N) is 1. The first-order chi connectivity index (χ1) is 14.1. The maximum atomic E-state index is 6.45. The molecule has 0 spiro atoms. The van der Waals surface area contributed by atoms with E-state index in [0.717, 1.165) is 39.5 Å². The van der Waals surface area contributed by atoms with E-state index in [1.807, 2.05) is 66.7 Å². The Morgan fingerprint density at radius 3 is 2.24 bits per heavy atom. The summed E-state index contributed by atoms with van der Waals surface area (Å²) in [5.41, 5.74) is 7.67. The van der Waals surface area contributed by atoms with Crippen LogP contribution < -0.4 is 5.32 Å². The first-order valence-corrected chi connectivity index (χ1v) is 9.84. The van der Waals surface area contributed by atoms with Crippen molar-refractivity contribution in [1.29, 1.82) is 0 Å². The summed E-state index contributed by atoms with van der Waals surface area (Å²) >= 11 is 6.45. The van der Waals surface area contributed by atoms with E-state index in [0.29, 0.717) is 5.02 Å². The lowest BCUT2D eigenvalue weighted by molar-refractivity contribution is 1.32. The lowest BCUT2D eigenvalue weighted by atomic mass is 10.0. The van der Waals surface area contributed by atoms with Gasteiger partial charge in [-0.2, -0.15) is 0 Å². The van der Waals surface area contributed by atoms with E-state index in [-0.39, 0.29) is 0 Å². The SMILES string of the molecule is C=C(Nc1cc(-c2ccccc2)nc(-c2ccccc2Cl)c1)c1ccccc1C. The molecule has 0 radical (unpaired) electrons. The van der Waals surface area contributed by atoms with E-state index in [1.165, 1.54) is 5.56 Å². The smallest absolute Gasteiger partial charge is 0.0745 e. The van der Waals surface area contributed by atoms with Gasteiger partial charge in [0.2, 0.25) is 0 Å². The molecule has 4 aromatic rings. The van der Waals surface area contributed by atoms with Crippen LogP contribution in [-0.2, 0) is 0 Å². The average Bonchev–Trinajstić information content (AvgIpc) is 2.75. The number of aryl methyl sites for hydroxylation is 1. The monoisotopic (exact) mass is 396 g/mol. The van der Waals surface area contributed by atoms with Crippen molar-refractivity contribution in [2.24, 2.45) is 0 Å². The van der Waals surface area contributed by atoms with Crippen LogP contribution in [0.3, 0.4) is 0 Å². The van der Waals surface area contributed by atoms with E-state index in [1.54, 1.807) is 0 Å². The first kappa shape index (κ1) is 19.0. The summed E-state index contributed by atoms with van der Waals surface area (Å²) in [5, 5.41) is 4.14. The van der Waals surface area contributed by atoms with Gasteiger partial charge >= 0.3 is 0 Å². The molecule has 0 amide bonds. The summed E-state index contributed by atoms with van der Waals surface area (Å²) in [6.07, 6.45) is 0. The van der Waals surface area contributed by atoms with Crippen LogP contribution in [0.5, 0.6) is 0 Å². The van der Waals surface area contributed by atoms with Gasteiger partial charge in [0.25, 0.3) is 0 Å². The standard InChI is InChI=1S/C26H21ClN2/c1-18-10-6-7-13-22(18)19(2)28-21-16-25(20-11-4-3-5-12-20)29-26(17-21)23-14-8-9-15-24(23)27/h3-17H,2H2,1H3,(H,28,29). The van der Waals surface area contributed by atoms with E-state index in [2.05, 4.69) is 43.1 Å². The number of hydrogen-bond donors (Lipinski definition) is 1. The highest BCUT2D eigenvalue weighted by Gasteiger charge is 2.11. The number of hydrogen-bond acceptors (Lipinski definition) is 2. The highest BCUT2D eigenvalue weighted by atomic mass is 35.5. The van der Waals surface area contributed by atoms with Crippen LogP contribution in [0.1, 0.15) is 11.1 Å². The molecule has 29 heavy (non-hydrogen) atoms. The van der Waals surface area contributed by atoms with Crippen LogP contribution in [-0.4, -0.2) is 4.98 Å². The summed E-state index contributed by atoms with van der Waals surface area (Å²) < 4.78 is 0. The van der Waals surface area contributed by atoms with Crippen LogP contribution in [0, 0.1) is 6.92 Å². The molecule has 0 saturated carbocycles. The third-order valence-corrected chi connectivity index (χ3v) is 5.14. The molecule has 0 aliphatic rings. The second-order valence-electron chi connectivity index (χ2n) is 6.89. The molecule has 1 heterocycles. The molecular weight excluding hydrogens is 376 g/mol. The second-order valence-corrected chi connectivity index (χ2v) is 7.30. The molecule has 0 atom stereocenters. The van der Waals surface area contributed by atoms with Gasteiger partial charge in [0, 0.05) is 33.1 Å². The largest absolute Gasteiger partial charge is 0.355 e. The maximum Gasteiger partial charge on any atom is 0.0745 e. The fraction of sp³-hybridized carbons (Fsp3) is 0.0385. The topological polar surface area (TPSA) is 24.9 Å². The average molecular weight is 397 g/mol. The number of halogens is 1. The maximum absolute atomic E-state index is 6.45. The van der Waals surface area contributed by atoms with Crippen molar-refractivity contribution >= 4 is 23.0 Å². The zero-order chi connectivity index (χ0) is 20.2. The van der Waals surface area contributed by atoms with Crippen LogP contribution in [0.4, 0.5) is 5.69 Å². The molecule has 0 bridgehead atoms. The van der Waals surface area contributed by atoms with Crippen LogP contribution in [0.15, 0.2) is 97.6 Å². The lowest BCUT2D eigenvalue weighted by Gasteiger charge is -2.15. The third kappa shape index (κ3) is 4.23. The fourth-order valence-corrected chi connectivity index (χ4v) is 3.55. The van der Waals surface area contributed by atoms with Gasteiger partial charge in [0.15, 0.2) is 0 Å². The Balaban J connectivity index is 1.79. The van der Waals surface area contributed by atoms with Gasteiger partial charge < -0.3 is 5.32 Å². The quantitative estimate of drug-likeness (QED) is 0.378. The van der Waals surface area contributed by atoms with Crippen molar-refractivity contribution in [3.63, 3.8) is 0 Å². The molecule has 0 aliphatic carbocycles. The number of aromatic nitrogens is 1. The predicted octanol–water partition coefficient (Wildman–Crippen LogP) is 7.46. The van der Waals surface area contributed by atoms with Crippen molar-refractivity contribution in [3.05, 3.63) is 114 Å². The van der Waals surface area contributed by atoms with Gasteiger partial charge in [-0.25, -0.2) is 4.98 Å². The number of benzene rings is 3. The Labute approximate surface area is 176 Å². The summed E-state index contributed by atoms with van der Waals surface area (Å²) in [4.78, 5) is 4.88. The highest BCUT2D eigenvalue weighted by Crippen LogP contribution is 2.32. The van der Waals surface area contributed by atoms with E-state index in [4.69, 9.17) is 16.6 Å². The molecule has 0 fully saturated rings. The van der Waals surface area contributed by atoms with Gasteiger partial charge in [0.1, 0.15) is 0 Å². The Kier molecular flexibility index (Phi) is 5.46. The Bertz CT molecular complexity index is 1170. The zero-order valence-electron chi connectivity index (χ0n) is 16.2. The molecule has 0 aliphatic heterocycles. The van der Waals surface area contributed by atoms with Crippen LogP contribution in [0.25, 0.3) is 28.2 Å². The molecule has 0 saturated heterocycles. The summed E-state index contributed by atoms with van der Waals surface area (Å²) in [6, 6.07) is 30.1. The van der Waals surface area contributed by atoms with E-state index < -0.39 is 0 Å². The Hall–Kier alpha value is -3.36. The summed E-state index contributed by atoms with van der Waals surface area (Å²) in [7, 11) is 0. The number of rotatable bonds is 5. The minimum absolute atomic E-state index is 0.675. The fourth-order valence-electron chi connectivity index (χ4n) is 3.32. The van der Waals surface area contributed by atoms with Gasteiger partial charge in [-0.3, -0.25) is 0 Å². The number of anilines is 1. The molecular formula is C26H21ClN2. The number of pyridine rings is 1. The normalized spacial score (nSPS) is 10.6. The van der Waals surface area contributed by atoms with Crippen molar-refractivity contribution in [3.8, 4) is 22.5 Å². The third-order valence-electron chi connectivity index (χ3n) is 4.81. The van der Waals surface area contributed by atoms with Crippen LogP contribution >= 0.6 is 11.6 Å².